The Balaban J connectivity index is 1.55. The summed E-state index contributed by atoms with van der Waals surface area (Å²) in [5.74, 6) is -0.314. The third-order valence-electron chi connectivity index (χ3n) is 5.63. The molecule has 29 heavy (non-hydrogen) atoms. The van der Waals surface area contributed by atoms with Gasteiger partial charge in [-0.2, -0.15) is 0 Å². The molecule has 1 fully saturated rings. The molecule has 6 heteroatoms. The molecule has 0 bridgehead atoms. The van der Waals surface area contributed by atoms with Crippen LogP contribution in [0.1, 0.15) is 37.0 Å². The summed E-state index contributed by atoms with van der Waals surface area (Å²) < 4.78 is -0.0402. The zero-order chi connectivity index (χ0) is 20.6. The third kappa shape index (κ3) is 4.13. The van der Waals surface area contributed by atoms with Gasteiger partial charge in [-0.3, -0.25) is 9.59 Å². The summed E-state index contributed by atoms with van der Waals surface area (Å²) in [6.07, 6.45) is 1.80. The standard InChI is InChI=1S/C23H27N3O2S/c1-23(2)15-26(19-7-3-4-8-20(19)29-23)22(28)16-9-11-18(12-10-16)25-13-5-6-17(14-25)21(24)27/h3-4,7-12,17H,5-6,13-15H2,1-2H3,(H2,24,27). The average Bonchev–Trinajstić information content (AvgIpc) is 2.72. The molecule has 2 aromatic carbocycles. The molecule has 1 saturated heterocycles. The summed E-state index contributed by atoms with van der Waals surface area (Å²) in [5.41, 5.74) is 8.18. The molecule has 4 rings (SSSR count). The van der Waals surface area contributed by atoms with Crippen LogP contribution in [0.3, 0.4) is 0 Å². The first-order valence-electron chi connectivity index (χ1n) is 10.1. The maximum atomic E-state index is 13.3. The van der Waals surface area contributed by atoms with Gasteiger partial charge in [-0.1, -0.05) is 12.1 Å². The first-order chi connectivity index (χ1) is 13.8. The summed E-state index contributed by atoms with van der Waals surface area (Å²) in [7, 11) is 0. The van der Waals surface area contributed by atoms with Gasteiger partial charge in [0, 0.05) is 40.5 Å². The van der Waals surface area contributed by atoms with E-state index in [4.69, 9.17) is 5.73 Å². The highest BCUT2D eigenvalue weighted by Crippen LogP contribution is 2.44. The number of primary amides is 1. The molecule has 2 amide bonds. The van der Waals surface area contributed by atoms with E-state index in [2.05, 4.69) is 24.8 Å². The molecular weight excluding hydrogens is 382 g/mol. The molecule has 0 spiro atoms. The van der Waals surface area contributed by atoms with Crippen LogP contribution in [0, 0.1) is 5.92 Å². The predicted octanol–water partition coefficient (Wildman–Crippen LogP) is 3.92. The Morgan fingerprint density at radius 3 is 2.55 bits per heavy atom. The number of fused-ring (bicyclic) bond motifs is 1. The molecular formula is C23H27N3O2S. The molecule has 2 aromatic rings. The van der Waals surface area contributed by atoms with Crippen molar-refractivity contribution in [2.75, 3.05) is 29.4 Å². The predicted molar refractivity (Wildman–Crippen MR) is 119 cm³/mol. The SMILES string of the molecule is CC1(C)CN(C(=O)c2ccc(N3CCCC(C(N)=O)C3)cc2)c2ccccc2S1. The number of rotatable bonds is 3. The normalized spacial score (nSPS) is 20.8. The van der Waals surface area contributed by atoms with Crippen LogP contribution in [0.25, 0.3) is 0 Å². The second-order valence-electron chi connectivity index (χ2n) is 8.46. The van der Waals surface area contributed by atoms with Crippen LogP contribution in [-0.4, -0.2) is 36.2 Å². The lowest BCUT2D eigenvalue weighted by molar-refractivity contribution is -0.122. The van der Waals surface area contributed by atoms with Crippen molar-refractivity contribution in [2.24, 2.45) is 11.7 Å². The van der Waals surface area contributed by atoms with E-state index in [0.29, 0.717) is 18.7 Å². The molecule has 2 heterocycles. The lowest BCUT2D eigenvalue weighted by Crippen LogP contribution is -2.44. The molecule has 0 aliphatic carbocycles. The Morgan fingerprint density at radius 2 is 1.83 bits per heavy atom. The number of para-hydroxylation sites is 1. The first kappa shape index (κ1) is 19.8. The zero-order valence-electron chi connectivity index (χ0n) is 16.9. The minimum atomic E-state index is -0.231. The molecule has 1 unspecified atom stereocenters. The number of benzene rings is 2. The topological polar surface area (TPSA) is 66.6 Å². The van der Waals surface area contributed by atoms with Gasteiger partial charge in [0.1, 0.15) is 0 Å². The lowest BCUT2D eigenvalue weighted by atomic mass is 9.97. The van der Waals surface area contributed by atoms with Crippen LogP contribution in [0.2, 0.25) is 0 Å². The molecule has 2 N–H and O–H groups in total. The van der Waals surface area contributed by atoms with Crippen LogP contribution in [0.5, 0.6) is 0 Å². The first-order valence-corrected chi connectivity index (χ1v) is 10.9. The summed E-state index contributed by atoms with van der Waals surface area (Å²) in [4.78, 5) is 30.1. The van der Waals surface area contributed by atoms with Gasteiger partial charge in [-0.15, -0.1) is 11.8 Å². The maximum absolute atomic E-state index is 13.3. The third-order valence-corrected chi connectivity index (χ3v) is 6.88. The molecule has 1 atom stereocenters. The summed E-state index contributed by atoms with van der Waals surface area (Å²) in [6, 6.07) is 15.8. The fourth-order valence-corrected chi connectivity index (χ4v) is 5.38. The van der Waals surface area contributed by atoms with Crippen LogP contribution in [0.4, 0.5) is 11.4 Å². The molecule has 0 radical (unpaired) electrons. The van der Waals surface area contributed by atoms with Crippen LogP contribution >= 0.6 is 11.8 Å². The van der Waals surface area contributed by atoms with Crippen molar-refractivity contribution in [2.45, 2.75) is 36.3 Å². The van der Waals surface area contributed by atoms with E-state index in [-0.39, 0.29) is 22.5 Å². The van der Waals surface area contributed by atoms with Crippen molar-refractivity contribution in [3.05, 3.63) is 54.1 Å². The number of nitrogens with two attached hydrogens (primary N) is 1. The van der Waals surface area contributed by atoms with E-state index in [1.165, 1.54) is 0 Å². The highest BCUT2D eigenvalue weighted by molar-refractivity contribution is 8.00. The number of anilines is 2. The Labute approximate surface area is 176 Å². The van der Waals surface area contributed by atoms with E-state index in [0.717, 1.165) is 35.7 Å². The van der Waals surface area contributed by atoms with Gasteiger partial charge in [0.15, 0.2) is 0 Å². The van der Waals surface area contributed by atoms with E-state index < -0.39 is 0 Å². The van der Waals surface area contributed by atoms with Crippen LogP contribution in [0.15, 0.2) is 53.4 Å². The Hall–Kier alpha value is -2.47. The molecule has 2 aliphatic heterocycles. The van der Waals surface area contributed by atoms with Crippen molar-refractivity contribution < 1.29 is 9.59 Å². The number of piperidine rings is 1. The quantitative estimate of drug-likeness (QED) is 0.834. The largest absolute Gasteiger partial charge is 0.371 e. The molecule has 152 valence electrons. The number of hydrogen-bond acceptors (Lipinski definition) is 4. The van der Waals surface area contributed by atoms with Crippen molar-refractivity contribution in [3.8, 4) is 0 Å². The van der Waals surface area contributed by atoms with Crippen LogP contribution in [-0.2, 0) is 4.79 Å². The second-order valence-corrected chi connectivity index (χ2v) is 10.2. The van der Waals surface area contributed by atoms with Crippen molar-refractivity contribution in [1.82, 2.24) is 0 Å². The molecule has 5 nitrogen and oxygen atoms in total. The van der Waals surface area contributed by atoms with Gasteiger partial charge in [-0.05, 0) is 63.1 Å². The fraction of sp³-hybridized carbons (Fsp3) is 0.391. The van der Waals surface area contributed by atoms with E-state index in [1.807, 2.05) is 59.1 Å². The number of thioether (sulfide) groups is 1. The maximum Gasteiger partial charge on any atom is 0.258 e. The second kappa shape index (κ2) is 7.75. The number of carbonyl (C=O) groups is 2. The fourth-order valence-electron chi connectivity index (χ4n) is 4.16. The minimum absolute atomic E-state index is 0.0195. The van der Waals surface area contributed by atoms with Gasteiger partial charge in [0.25, 0.3) is 5.91 Å². The van der Waals surface area contributed by atoms with E-state index in [1.54, 1.807) is 0 Å². The number of nitrogens with zero attached hydrogens (tertiary/aromatic N) is 2. The highest BCUT2D eigenvalue weighted by atomic mass is 32.2. The van der Waals surface area contributed by atoms with E-state index in [9.17, 15) is 9.59 Å². The summed E-state index contributed by atoms with van der Waals surface area (Å²) in [6.45, 7) is 6.56. The molecule has 0 aromatic heterocycles. The Morgan fingerprint density at radius 1 is 1.10 bits per heavy atom. The number of amides is 2. The van der Waals surface area contributed by atoms with Gasteiger partial charge < -0.3 is 15.5 Å². The van der Waals surface area contributed by atoms with Crippen molar-refractivity contribution >= 4 is 35.0 Å². The average molecular weight is 410 g/mol. The minimum Gasteiger partial charge on any atom is -0.371 e. The summed E-state index contributed by atoms with van der Waals surface area (Å²) >= 11 is 1.82. The van der Waals surface area contributed by atoms with Gasteiger partial charge in [0.2, 0.25) is 5.91 Å². The number of hydrogen-bond donors (Lipinski definition) is 1. The monoisotopic (exact) mass is 409 g/mol. The van der Waals surface area contributed by atoms with Gasteiger partial charge in [0.05, 0.1) is 11.6 Å². The van der Waals surface area contributed by atoms with Crippen molar-refractivity contribution in [3.63, 3.8) is 0 Å². The molecule has 2 aliphatic rings. The Bertz CT molecular complexity index is 926. The van der Waals surface area contributed by atoms with E-state index >= 15 is 0 Å². The van der Waals surface area contributed by atoms with Gasteiger partial charge in [-0.25, -0.2) is 0 Å². The molecule has 0 saturated carbocycles. The Kier molecular flexibility index (Phi) is 5.30. The lowest BCUT2D eigenvalue weighted by Gasteiger charge is -2.39. The zero-order valence-corrected chi connectivity index (χ0v) is 17.7. The van der Waals surface area contributed by atoms with Crippen molar-refractivity contribution in [1.29, 1.82) is 0 Å². The van der Waals surface area contributed by atoms with Crippen LogP contribution < -0.4 is 15.5 Å². The number of carbonyl (C=O) groups excluding carboxylic acids is 2. The highest BCUT2D eigenvalue weighted by Gasteiger charge is 2.34. The smallest absolute Gasteiger partial charge is 0.258 e. The summed E-state index contributed by atoms with van der Waals surface area (Å²) in [5, 5.41) is 0. The van der Waals surface area contributed by atoms with Gasteiger partial charge >= 0.3 is 0 Å².